The fourth-order valence-electron chi connectivity index (χ4n) is 3.77. The molecule has 148 valence electrons. The van der Waals surface area contributed by atoms with E-state index in [1.165, 1.54) is 54.9 Å². The maximum atomic E-state index is 3.36. The van der Waals surface area contributed by atoms with E-state index in [0.717, 1.165) is 0 Å². The van der Waals surface area contributed by atoms with Gasteiger partial charge in [-0.25, -0.2) is 0 Å². The summed E-state index contributed by atoms with van der Waals surface area (Å²) < 4.78 is 0. The van der Waals surface area contributed by atoms with E-state index < -0.39 is 0 Å². The molecule has 0 aromatic heterocycles. The molecule has 29 heavy (non-hydrogen) atoms. The summed E-state index contributed by atoms with van der Waals surface area (Å²) in [6.45, 7) is 20.1. The van der Waals surface area contributed by atoms with Gasteiger partial charge in [-0.15, -0.1) is 19.7 Å². The highest BCUT2D eigenvalue weighted by Crippen LogP contribution is 2.38. The molecule has 4 rings (SSSR count). The van der Waals surface area contributed by atoms with Crippen molar-refractivity contribution in [3.05, 3.63) is 109 Å². The van der Waals surface area contributed by atoms with Gasteiger partial charge < -0.3 is 0 Å². The summed E-state index contributed by atoms with van der Waals surface area (Å²) in [5.41, 5.74) is 8.14. The van der Waals surface area contributed by atoms with Crippen LogP contribution in [-0.2, 0) is 0 Å². The Hall–Kier alpha value is -3.12. The Kier molecular flexibility index (Phi) is 7.56. The Morgan fingerprint density at radius 3 is 1.17 bits per heavy atom. The van der Waals surface area contributed by atoms with Gasteiger partial charge in [0.2, 0.25) is 0 Å². The van der Waals surface area contributed by atoms with Crippen LogP contribution in [0.5, 0.6) is 0 Å². The van der Waals surface area contributed by atoms with E-state index in [0.29, 0.717) is 0 Å². The maximum Gasteiger partial charge on any atom is -0.00962 e. The van der Waals surface area contributed by atoms with Crippen LogP contribution < -0.4 is 0 Å². The van der Waals surface area contributed by atoms with Crippen LogP contribution >= 0.6 is 0 Å². The molecule has 0 heteroatoms. The molecule has 0 aliphatic carbocycles. The topological polar surface area (TPSA) is 0 Å². The van der Waals surface area contributed by atoms with Gasteiger partial charge in [0.15, 0.2) is 0 Å². The second kappa shape index (κ2) is 9.89. The standard InChI is InChI=1S/C24H22.C3H6.C2H4/c1-15-13-23(21-11-7-5-9-19(21)17(15)3)24-14-16(2)18(4)20-10-6-8-12-22(20)24;1-3-2;1-2/h5-14H,1-4H3;3H,1H2,2H3;1-2H2. The second-order valence-corrected chi connectivity index (χ2v) is 7.23. The average molecular weight is 381 g/mol. The number of aryl methyl sites for hydroxylation is 4. The summed E-state index contributed by atoms with van der Waals surface area (Å²) in [6.07, 6.45) is 1.75. The Morgan fingerprint density at radius 1 is 0.586 bits per heavy atom. The van der Waals surface area contributed by atoms with Crippen LogP contribution in [-0.4, -0.2) is 0 Å². The van der Waals surface area contributed by atoms with Crippen LogP contribution in [0, 0.1) is 27.7 Å². The number of fused-ring (bicyclic) bond motifs is 2. The van der Waals surface area contributed by atoms with Crippen LogP contribution in [0.2, 0.25) is 0 Å². The molecule has 0 atom stereocenters. The molecule has 0 bridgehead atoms. The second-order valence-electron chi connectivity index (χ2n) is 7.23. The monoisotopic (exact) mass is 380 g/mol. The number of rotatable bonds is 1. The maximum absolute atomic E-state index is 3.36. The minimum atomic E-state index is 1.34. The van der Waals surface area contributed by atoms with Crippen LogP contribution in [0.15, 0.2) is 86.5 Å². The smallest absolute Gasteiger partial charge is 0.00962 e. The minimum absolute atomic E-state index is 1.34. The van der Waals surface area contributed by atoms with Crippen molar-refractivity contribution in [1.82, 2.24) is 0 Å². The highest BCUT2D eigenvalue weighted by molar-refractivity contribution is 6.07. The first-order chi connectivity index (χ1) is 14.0. The summed E-state index contributed by atoms with van der Waals surface area (Å²) in [7, 11) is 0. The first-order valence-corrected chi connectivity index (χ1v) is 10.0. The number of allylic oxidation sites excluding steroid dienone is 1. The van der Waals surface area contributed by atoms with E-state index in [9.17, 15) is 0 Å². The van der Waals surface area contributed by atoms with Crippen molar-refractivity contribution >= 4 is 21.5 Å². The van der Waals surface area contributed by atoms with Crippen molar-refractivity contribution in [2.75, 3.05) is 0 Å². The molecular weight excluding hydrogens is 348 g/mol. The normalized spacial score (nSPS) is 9.97. The molecule has 0 spiro atoms. The molecular formula is C29H32. The lowest BCUT2D eigenvalue weighted by Crippen LogP contribution is -1.92. The average Bonchev–Trinajstić information content (AvgIpc) is 2.75. The zero-order valence-corrected chi connectivity index (χ0v) is 18.5. The quantitative estimate of drug-likeness (QED) is 0.289. The predicted octanol–water partition coefficient (Wildman–Crippen LogP) is 8.89. The van der Waals surface area contributed by atoms with Crippen molar-refractivity contribution in [3.8, 4) is 11.1 Å². The van der Waals surface area contributed by atoms with Crippen molar-refractivity contribution in [3.63, 3.8) is 0 Å². The number of hydrogen-bond donors (Lipinski definition) is 0. The molecule has 4 aromatic rings. The zero-order valence-electron chi connectivity index (χ0n) is 18.5. The Morgan fingerprint density at radius 2 is 0.862 bits per heavy atom. The van der Waals surface area contributed by atoms with Crippen LogP contribution in [0.25, 0.3) is 32.7 Å². The van der Waals surface area contributed by atoms with E-state index in [-0.39, 0.29) is 0 Å². The Labute approximate surface area is 176 Å². The van der Waals surface area contributed by atoms with Gasteiger partial charge in [0, 0.05) is 0 Å². The van der Waals surface area contributed by atoms with Gasteiger partial charge in [0.05, 0.1) is 0 Å². The summed E-state index contributed by atoms with van der Waals surface area (Å²) in [5, 5.41) is 5.40. The van der Waals surface area contributed by atoms with Gasteiger partial charge in [0.1, 0.15) is 0 Å². The number of benzene rings is 4. The molecule has 0 saturated heterocycles. The Bertz CT molecular complexity index is 1060. The van der Waals surface area contributed by atoms with Gasteiger partial charge in [-0.3, -0.25) is 0 Å². The minimum Gasteiger partial charge on any atom is -0.106 e. The molecule has 0 amide bonds. The van der Waals surface area contributed by atoms with Gasteiger partial charge in [-0.05, 0) is 89.5 Å². The zero-order chi connectivity index (χ0) is 21.6. The lowest BCUT2D eigenvalue weighted by Gasteiger charge is -2.16. The number of hydrogen-bond acceptors (Lipinski definition) is 0. The first kappa shape index (κ1) is 22.2. The summed E-state index contributed by atoms with van der Waals surface area (Å²) in [4.78, 5) is 0. The van der Waals surface area contributed by atoms with E-state index in [1.54, 1.807) is 6.08 Å². The van der Waals surface area contributed by atoms with Gasteiger partial charge in [-0.1, -0.05) is 66.7 Å². The fourth-order valence-corrected chi connectivity index (χ4v) is 3.77. The van der Waals surface area contributed by atoms with Crippen molar-refractivity contribution in [2.45, 2.75) is 34.6 Å². The highest BCUT2D eigenvalue weighted by Gasteiger charge is 2.13. The molecule has 0 nitrogen and oxygen atoms in total. The predicted molar refractivity (Wildman–Crippen MR) is 133 cm³/mol. The third-order valence-electron chi connectivity index (χ3n) is 5.44. The molecule has 0 fully saturated rings. The lowest BCUT2D eigenvalue weighted by atomic mass is 9.87. The van der Waals surface area contributed by atoms with Crippen molar-refractivity contribution < 1.29 is 0 Å². The van der Waals surface area contributed by atoms with Crippen molar-refractivity contribution in [2.24, 2.45) is 0 Å². The molecule has 0 N–H and O–H groups in total. The summed E-state index contributed by atoms with van der Waals surface area (Å²) in [6, 6.07) is 22.3. The fraction of sp³-hybridized carbons (Fsp3) is 0.172. The largest absolute Gasteiger partial charge is 0.106 e. The highest BCUT2D eigenvalue weighted by atomic mass is 14.2. The van der Waals surface area contributed by atoms with Gasteiger partial charge in [-0.2, -0.15) is 0 Å². The van der Waals surface area contributed by atoms with E-state index in [2.05, 4.69) is 108 Å². The molecule has 0 saturated carbocycles. The molecule has 0 unspecified atom stereocenters. The van der Waals surface area contributed by atoms with E-state index in [4.69, 9.17) is 0 Å². The van der Waals surface area contributed by atoms with Crippen LogP contribution in [0.4, 0.5) is 0 Å². The van der Waals surface area contributed by atoms with Crippen LogP contribution in [0.1, 0.15) is 29.2 Å². The molecule has 0 aliphatic heterocycles. The van der Waals surface area contributed by atoms with Crippen LogP contribution in [0.3, 0.4) is 0 Å². The lowest BCUT2D eigenvalue weighted by molar-refractivity contribution is 1.36. The molecule has 0 radical (unpaired) electrons. The van der Waals surface area contributed by atoms with Crippen molar-refractivity contribution in [1.29, 1.82) is 0 Å². The van der Waals surface area contributed by atoms with Gasteiger partial charge in [0.25, 0.3) is 0 Å². The third-order valence-corrected chi connectivity index (χ3v) is 5.44. The van der Waals surface area contributed by atoms with Gasteiger partial charge >= 0.3 is 0 Å². The summed E-state index contributed by atoms with van der Waals surface area (Å²) in [5.74, 6) is 0. The van der Waals surface area contributed by atoms with E-state index >= 15 is 0 Å². The Balaban J connectivity index is 0.000000551. The molecule has 0 heterocycles. The summed E-state index contributed by atoms with van der Waals surface area (Å²) >= 11 is 0. The molecule has 0 aliphatic rings. The SMILES string of the molecule is C=C.C=CC.Cc1cc(-c2cc(C)c(C)c3ccccc23)c2ccccc2c1C. The van der Waals surface area contributed by atoms with E-state index in [1.807, 2.05) is 6.92 Å². The molecule has 4 aromatic carbocycles. The third kappa shape index (κ3) is 4.32. The first-order valence-electron chi connectivity index (χ1n) is 10.0.